The molecule has 0 bridgehead atoms. The van der Waals surface area contributed by atoms with E-state index in [1.165, 1.54) is 0 Å². The van der Waals surface area contributed by atoms with Crippen LogP contribution in [0.2, 0.25) is 0 Å². The maximum Gasteiger partial charge on any atom is 0.218 e. The Bertz CT molecular complexity index is 330. The van der Waals surface area contributed by atoms with Gasteiger partial charge in [-0.25, -0.2) is 4.68 Å². The van der Waals surface area contributed by atoms with Gasteiger partial charge in [0.2, 0.25) is 5.95 Å². The van der Waals surface area contributed by atoms with Crippen molar-refractivity contribution in [1.29, 1.82) is 0 Å². The van der Waals surface area contributed by atoms with E-state index in [0.717, 1.165) is 0 Å². The SMILES string of the molecule is Cn1nc(C2(C)COCC2N)nc1N. The van der Waals surface area contributed by atoms with Crippen molar-refractivity contribution in [3.8, 4) is 0 Å². The molecule has 1 aliphatic rings. The first-order chi connectivity index (χ1) is 6.54. The van der Waals surface area contributed by atoms with E-state index >= 15 is 0 Å². The Balaban J connectivity index is 2.38. The lowest BCUT2D eigenvalue weighted by Gasteiger charge is -2.22. The predicted molar refractivity (Wildman–Crippen MR) is 51.6 cm³/mol. The zero-order valence-electron chi connectivity index (χ0n) is 8.40. The van der Waals surface area contributed by atoms with Crippen LogP contribution in [0, 0.1) is 0 Å². The fourth-order valence-electron chi connectivity index (χ4n) is 1.56. The Morgan fingerprint density at radius 2 is 2.36 bits per heavy atom. The van der Waals surface area contributed by atoms with Crippen LogP contribution in [-0.2, 0) is 17.2 Å². The van der Waals surface area contributed by atoms with Crippen molar-refractivity contribution < 1.29 is 4.74 Å². The van der Waals surface area contributed by atoms with E-state index in [2.05, 4.69) is 10.1 Å². The maximum atomic E-state index is 5.95. The summed E-state index contributed by atoms with van der Waals surface area (Å²) in [6, 6.07) is -0.0655. The van der Waals surface area contributed by atoms with Crippen LogP contribution in [0.25, 0.3) is 0 Å². The Morgan fingerprint density at radius 1 is 1.64 bits per heavy atom. The third-order valence-electron chi connectivity index (χ3n) is 2.83. The van der Waals surface area contributed by atoms with Crippen LogP contribution in [0.3, 0.4) is 0 Å². The normalized spacial score (nSPS) is 32.4. The van der Waals surface area contributed by atoms with E-state index in [9.17, 15) is 0 Å². The van der Waals surface area contributed by atoms with Gasteiger partial charge in [0, 0.05) is 13.1 Å². The van der Waals surface area contributed by atoms with Crippen molar-refractivity contribution in [2.75, 3.05) is 18.9 Å². The second-order valence-corrected chi connectivity index (χ2v) is 3.96. The summed E-state index contributed by atoms with van der Waals surface area (Å²) >= 11 is 0. The molecule has 0 saturated carbocycles. The number of nitrogens with two attached hydrogens (primary N) is 2. The fraction of sp³-hybridized carbons (Fsp3) is 0.750. The van der Waals surface area contributed by atoms with Gasteiger partial charge in [-0.15, -0.1) is 0 Å². The molecular formula is C8H15N5O. The van der Waals surface area contributed by atoms with Crippen molar-refractivity contribution >= 4 is 5.95 Å². The van der Waals surface area contributed by atoms with Gasteiger partial charge in [0.25, 0.3) is 0 Å². The summed E-state index contributed by atoms with van der Waals surface area (Å²) in [5.74, 6) is 1.07. The topological polar surface area (TPSA) is 92.0 Å². The van der Waals surface area contributed by atoms with Gasteiger partial charge in [-0.05, 0) is 6.92 Å². The minimum atomic E-state index is -0.310. The van der Waals surface area contributed by atoms with Crippen LogP contribution in [0.1, 0.15) is 12.7 Å². The highest BCUT2D eigenvalue weighted by molar-refractivity contribution is 5.22. The van der Waals surface area contributed by atoms with E-state index in [1.54, 1.807) is 11.7 Å². The van der Waals surface area contributed by atoms with Gasteiger partial charge in [0.15, 0.2) is 5.82 Å². The van der Waals surface area contributed by atoms with Gasteiger partial charge in [0.1, 0.15) is 0 Å². The van der Waals surface area contributed by atoms with Crippen LogP contribution in [0.15, 0.2) is 0 Å². The van der Waals surface area contributed by atoms with E-state index in [4.69, 9.17) is 16.2 Å². The zero-order chi connectivity index (χ0) is 10.3. The molecule has 2 heterocycles. The van der Waals surface area contributed by atoms with Crippen molar-refractivity contribution in [2.45, 2.75) is 18.4 Å². The van der Waals surface area contributed by atoms with Crippen molar-refractivity contribution in [3.63, 3.8) is 0 Å². The number of anilines is 1. The van der Waals surface area contributed by atoms with Crippen molar-refractivity contribution in [2.24, 2.45) is 12.8 Å². The summed E-state index contributed by atoms with van der Waals surface area (Å²) in [7, 11) is 1.76. The van der Waals surface area contributed by atoms with Gasteiger partial charge in [-0.1, -0.05) is 0 Å². The fourth-order valence-corrected chi connectivity index (χ4v) is 1.56. The molecule has 1 saturated heterocycles. The molecule has 0 aliphatic carbocycles. The number of nitrogen functional groups attached to an aromatic ring is 1. The first-order valence-electron chi connectivity index (χ1n) is 4.54. The lowest BCUT2D eigenvalue weighted by molar-refractivity contribution is 0.178. The minimum Gasteiger partial charge on any atom is -0.379 e. The molecule has 1 aromatic heterocycles. The number of hydrogen-bond acceptors (Lipinski definition) is 5. The van der Waals surface area contributed by atoms with Crippen LogP contribution in [0.4, 0.5) is 5.95 Å². The van der Waals surface area contributed by atoms with Gasteiger partial charge >= 0.3 is 0 Å². The van der Waals surface area contributed by atoms with E-state index < -0.39 is 0 Å². The number of ether oxygens (including phenoxy) is 1. The van der Waals surface area contributed by atoms with Gasteiger partial charge in [-0.3, -0.25) is 0 Å². The number of hydrogen-bond donors (Lipinski definition) is 2. The van der Waals surface area contributed by atoms with Crippen molar-refractivity contribution in [1.82, 2.24) is 14.8 Å². The lowest BCUT2D eigenvalue weighted by atomic mass is 9.85. The molecule has 1 aliphatic heterocycles. The number of aryl methyl sites for hydroxylation is 1. The summed E-state index contributed by atoms with van der Waals surface area (Å²) in [4.78, 5) is 4.18. The van der Waals surface area contributed by atoms with E-state index in [-0.39, 0.29) is 11.5 Å². The largest absolute Gasteiger partial charge is 0.379 e. The highest BCUT2D eigenvalue weighted by Crippen LogP contribution is 2.29. The summed E-state index contributed by atoms with van der Waals surface area (Å²) in [6.07, 6.45) is 0. The maximum absolute atomic E-state index is 5.95. The summed E-state index contributed by atoms with van der Waals surface area (Å²) in [5, 5.41) is 4.23. The molecule has 2 atom stereocenters. The second-order valence-electron chi connectivity index (χ2n) is 3.96. The average molecular weight is 197 g/mol. The molecule has 0 aromatic carbocycles. The number of aromatic nitrogens is 3. The zero-order valence-corrected chi connectivity index (χ0v) is 8.40. The van der Waals surface area contributed by atoms with E-state index in [1.807, 2.05) is 6.92 Å². The summed E-state index contributed by atoms with van der Waals surface area (Å²) in [6.45, 7) is 3.10. The Labute approximate surface area is 82.2 Å². The molecule has 2 unspecified atom stereocenters. The molecule has 0 amide bonds. The highest BCUT2D eigenvalue weighted by Gasteiger charge is 2.42. The summed E-state index contributed by atoms with van der Waals surface area (Å²) in [5.41, 5.74) is 11.3. The highest BCUT2D eigenvalue weighted by atomic mass is 16.5. The predicted octanol–water partition coefficient (Wildman–Crippen LogP) is -0.987. The van der Waals surface area contributed by atoms with Crippen LogP contribution in [-0.4, -0.2) is 34.0 Å². The molecule has 1 fully saturated rings. The molecule has 78 valence electrons. The van der Waals surface area contributed by atoms with Crippen LogP contribution >= 0.6 is 0 Å². The monoisotopic (exact) mass is 197 g/mol. The molecule has 14 heavy (non-hydrogen) atoms. The molecule has 0 radical (unpaired) electrons. The van der Waals surface area contributed by atoms with Crippen LogP contribution in [0.5, 0.6) is 0 Å². The van der Waals surface area contributed by atoms with Gasteiger partial charge in [-0.2, -0.15) is 10.1 Å². The quantitative estimate of drug-likeness (QED) is 0.603. The average Bonchev–Trinajstić information content (AvgIpc) is 2.61. The molecule has 6 nitrogen and oxygen atoms in total. The third-order valence-corrected chi connectivity index (χ3v) is 2.83. The minimum absolute atomic E-state index is 0.0655. The smallest absolute Gasteiger partial charge is 0.218 e. The van der Waals surface area contributed by atoms with Gasteiger partial charge in [0.05, 0.1) is 18.6 Å². The number of rotatable bonds is 1. The van der Waals surface area contributed by atoms with Crippen molar-refractivity contribution in [3.05, 3.63) is 5.82 Å². The molecule has 2 rings (SSSR count). The molecule has 6 heteroatoms. The lowest BCUT2D eigenvalue weighted by Crippen LogP contribution is -2.42. The first kappa shape index (κ1) is 9.42. The second kappa shape index (κ2) is 2.93. The molecule has 4 N–H and O–H groups in total. The molecular weight excluding hydrogens is 182 g/mol. The third kappa shape index (κ3) is 1.18. The Hall–Kier alpha value is -1.14. The van der Waals surface area contributed by atoms with Gasteiger partial charge < -0.3 is 16.2 Å². The van der Waals surface area contributed by atoms with E-state index in [0.29, 0.717) is 25.0 Å². The Kier molecular flexibility index (Phi) is 1.97. The van der Waals surface area contributed by atoms with Crippen LogP contribution < -0.4 is 11.5 Å². The summed E-state index contributed by atoms with van der Waals surface area (Å²) < 4.78 is 6.87. The first-order valence-corrected chi connectivity index (χ1v) is 4.54. The molecule has 1 aromatic rings. The molecule has 0 spiro atoms. The standard InChI is InChI=1S/C8H15N5O/c1-8(4-14-3-5(8)9)6-11-7(10)13(2)12-6/h5H,3-4,9H2,1-2H3,(H2,10,11,12). The number of nitrogens with zero attached hydrogens (tertiary/aromatic N) is 3. The Morgan fingerprint density at radius 3 is 2.79 bits per heavy atom.